The number of nitrogens with one attached hydrogen (secondary N) is 2. The van der Waals surface area contributed by atoms with Gasteiger partial charge in [0.05, 0.1) is 25.2 Å². The molecule has 0 spiro atoms. The minimum Gasteiger partial charge on any atom is -0.382 e. The molecule has 0 aliphatic carbocycles. The first-order valence-electron chi connectivity index (χ1n) is 10.5. The van der Waals surface area contributed by atoms with E-state index in [1.807, 2.05) is 0 Å². The third kappa shape index (κ3) is 7.19. The molecule has 2 saturated heterocycles. The van der Waals surface area contributed by atoms with E-state index in [0.717, 1.165) is 0 Å². The van der Waals surface area contributed by atoms with Crippen LogP contribution in [0.1, 0.15) is 32.6 Å². The van der Waals surface area contributed by atoms with Crippen LogP contribution in [0.4, 0.5) is 0 Å². The van der Waals surface area contributed by atoms with Crippen LogP contribution in [0.25, 0.3) is 0 Å². The summed E-state index contributed by atoms with van der Waals surface area (Å²) in [5, 5.41) is 5.86. The SMILES string of the molecule is COCC1OC(CNC(=O)CCC(=O)ON2C(=O)CCC2=O)C(NC(C)=O)C(OC)C1OC. The van der Waals surface area contributed by atoms with Gasteiger partial charge < -0.3 is 34.4 Å². The van der Waals surface area contributed by atoms with Gasteiger partial charge in [-0.1, -0.05) is 0 Å². The normalized spacial score (nSPS) is 27.4. The summed E-state index contributed by atoms with van der Waals surface area (Å²) in [5.74, 6) is -2.85. The molecule has 13 heteroatoms. The molecule has 5 atom stereocenters. The second-order valence-electron chi connectivity index (χ2n) is 7.64. The topological polar surface area (TPSA) is 159 Å². The van der Waals surface area contributed by atoms with Crippen molar-refractivity contribution in [3.8, 4) is 0 Å². The zero-order valence-corrected chi connectivity index (χ0v) is 19.2. The summed E-state index contributed by atoms with van der Waals surface area (Å²) in [6, 6.07) is -0.622. The number of nitrogens with zero attached hydrogens (tertiary/aromatic N) is 1. The number of methoxy groups -OCH3 is 3. The first-order chi connectivity index (χ1) is 15.7. The Balaban J connectivity index is 1.93. The van der Waals surface area contributed by atoms with Gasteiger partial charge in [0.1, 0.15) is 18.3 Å². The van der Waals surface area contributed by atoms with Gasteiger partial charge in [-0.15, -0.1) is 5.06 Å². The zero-order chi connectivity index (χ0) is 24.5. The van der Waals surface area contributed by atoms with Gasteiger partial charge in [0, 0.05) is 54.1 Å². The van der Waals surface area contributed by atoms with E-state index < -0.39 is 54.1 Å². The number of carbonyl (C=O) groups excluding carboxylic acids is 5. The van der Waals surface area contributed by atoms with Gasteiger partial charge in [-0.3, -0.25) is 19.2 Å². The molecule has 33 heavy (non-hydrogen) atoms. The number of imide groups is 1. The lowest BCUT2D eigenvalue weighted by molar-refractivity contribution is -0.211. The summed E-state index contributed by atoms with van der Waals surface area (Å²) in [4.78, 5) is 63.6. The Morgan fingerprint density at radius 2 is 1.64 bits per heavy atom. The number of rotatable bonds is 11. The second kappa shape index (κ2) is 12.6. The lowest BCUT2D eigenvalue weighted by atomic mass is 9.92. The fourth-order valence-corrected chi connectivity index (χ4v) is 3.79. The van der Waals surface area contributed by atoms with E-state index in [-0.39, 0.29) is 44.7 Å². The fraction of sp³-hybridized carbons (Fsp3) is 0.750. The average Bonchev–Trinajstić information content (AvgIpc) is 3.08. The molecule has 0 aromatic carbocycles. The third-order valence-corrected chi connectivity index (χ3v) is 5.29. The molecule has 13 nitrogen and oxygen atoms in total. The molecule has 4 amide bonds. The maximum atomic E-state index is 12.3. The van der Waals surface area contributed by atoms with Gasteiger partial charge in [0.2, 0.25) is 11.8 Å². The minimum atomic E-state index is -0.874. The Morgan fingerprint density at radius 3 is 2.18 bits per heavy atom. The molecule has 2 aliphatic heterocycles. The molecule has 0 aromatic rings. The number of carbonyl (C=O) groups is 5. The smallest absolute Gasteiger partial charge is 0.333 e. The van der Waals surface area contributed by atoms with Crippen LogP contribution in [0.2, 0.25) is 0 Å². The van der Waals surface area contributed by atoms with Crippen molar-refractivity contribution in [2.45, 2.75) is 63.1 Å². The fourth-order valence-electron chi connectivity index (χ4n) is 3.79. The van der Waals surface area contributed by atoms with Crippen molar-refractivity contribution in [3.05, 3.63) is 0 Å². The highest BCUT2D eigenvalue weighted by Gasteiger charge is 2.47. The lowest BCUT2D eigenvalue weighted by Crippen LogP contribution is -2.66. The van der Waals surface area contributed by atoms with Gasteiger partial charge >= 0.3 is 5.97 Å². The summed E-state index contributed by atoms with van der Waals surface area (Å²) < 4.78 is 22.3. The van der Waals surface area contributed by atoms with Crippen molar-refractivity contribution in [1.29, 1.82) is 0 Å². The van der Waals surface area contributed by atoms with Crippen LogP contribution in [0.15, 0.2) is 0 Å². The first-order valence-corrected chi connectivity index (χ1v) is 10.5. The number of ether oxygens (including phenoxy) is 4. The Kier molecular flexibility index (Phi) is 10.2. The van der Waals surface area contributed by atoms with E-state index in [1.165, 1.54) is 28.3 Å². The van der Waals surface area contributed by atoms with Crippen LogP contribution in [-0.2, 0) is 47.8 Å². The summed E-state index contributed by atoms with van der Waals surface area (Å²) in [6.45, 7) is 1.57. The monoisotopic (exact) mass is 473 g/mol. The van der Waals surface area contributed by atoms with Crippen molar-refractivity contribution in [1.82, 2.24) is 15.7 Å². The molecule has 186 valence electrons. The Morgan fingerprint density at radius 1 is 1.00 bits per heavy atom. The van der Waals surface area contributed by atoms with Crippen LogP contribution in [0, 0.1) is 0 Å². The molecule has 2 aliphatic rings. The number of hydroxylamine groups is 2. The van der Waals surface area contributed by atoms with Gasteiger partial charge in [-0.05, 0) is 0 Å². The van der Waals surface area contributed by atoms with Crippen molar-refractivity contribution < 1.29 is 47.8 Å². The number of amides is 4. The Labute approximate surface area is 191 Å². The molecule has 0 bridgehead atoms. The standard InChI is InChI=1S/C20H31N3O10/c1-11(24)22-18-12(32-13(10-29-2)19(30-3)20(18)31-4)9-21-14(25)5-8-17(28)33-23-15(26)6-7-16(23)27/h12-13,18-20H,5-10H2,1-4H3,(H,21,25)(H,22,24). The summed E-state index contributed by atoms with van der Waals surface area (Å²) in [5.41, 5.74) is 0. The molecule has 2 heterocycles. The molecule has 2 fully saturated rings. The van der Waals surface area contributed by atoms with E-state index >= 15 is 0 Å². The van der Waals surface area contributed by atoms with E-state index in [2.05, 4.69) is 10.6 Å². The first kappa shape index (κ1) is 26.6. The number of hydrogen-bond acceptors (Lipinski definition) is 10. The summed E-state index contributed by atoms with van der Waals surface area (Å²) in [7, 11) is 4.49. The molecule has 0 saturated carbocycles. The second-order valence-corrected chi connectivity index (χ2v) is 7.64. The average molecular weight is 473 g/mol. The quantitative estimate of drug-likeness (QED) is 0.336. The molecule has 5 unspecified atom stereocenters. The maximum absolute atomic E-state index is 12.3. The minimum absolute atomic E-state index is 0.0123. The molecule has 0 radical (unpaired) electrons. The predicted octanol–water partition coefficient (Wildman–Crippen LogP) is -1.56. The molecule has 2 N–H and O–H groups in total. The largest absolute Gasteiger partial charge is 0.382 e. The zero-order valence-electron chi connectivity index (χ0n) is 19.2. The van der Waals surface area contributed by atoms with E-state index in [1.54, 1.807) is 0 Å². The van der Waals surface area contributed by atoms with Crippen LogP contribution in [0.5, 0.6) is 0 Å². The van der Waals surface area contributed by atoms with Crippen LogP contribution in [0.3, 0.4) is 0 Å². The van der Waals surface area contributed by atoms with Crippen LogP contribution >= 0.6 is 0 Å². The molecule has 2 rings (SSSR count). The summed E-state index contributed by atoms with van der Waals surface area (Å²) >= 11 is 0. The maximum Gasteiger partial charge on any atom is 0.333 e. The van der Waals surface area contributed by atoms with E-state index in [0.29, 0.717) is 5.06 Å². The van der Waals surface area contributed by atoms with Gasteiger partial charge in [0.25, 0.3) is 11.8 Å². The molecule has 0 aromatic heterocycles. The third-order valence-electron chi connectivity index (χ3n) is 5.29. The molecular weight excluding hydrogens is 442 g/mol. The highest BCUT2D eigenvalue weighted by Crippen LogP contribution is 2.25. The number of hydrogen-bond donors (Lipinski definition) is 2. The van der Waals surface area contributed by atoms with Crippen molar-refractivity contribution in [2.75, 3.05) is 34.5 Å². The van der Waals surface area contributed by atoms with Gasteiger partial charge in [-0.2, -0.15) is 0 Å². The van der Waals surface area contributed by atoms with Crippen LogP contribution < -0.4 is 10.6 Å². The van der Waals surface area contributed by atoms with Gasteiger partial charge in [0.15, 0.2) is 0 Å². The highest BCUT2D eigenvalue weighted by molar-refractivity contribution is 6.01. The lowest BCUT2D eigenvalue weighted by Gasteiger charge is -2.45. The van der Waals surface area contributed by atoms with Gasteiger partial charge in [-0.25, -0.2) is 4.79 Å². The Bertz CT molecular complexity index is 730. The van der Waals surface area contributed by atoms with Crippen molar-refractivity contribution >= 4 is 29.6 Å². The predicted molar refractivity (Wildman–Crippen MR) is 109 cm³/mol. The van der Waals surface area contributed by atoms with Crippen molar-refractivity contribution in [3.63, 3.8) is 0 Å². The summed E-state index contributed by atoms with van der Waals surface area (Å²) in [6.07, 6.45) is -2.86. The Hall–Kier alpha value is -2.61. The van der Waals surface area contributed by atoms with E-state index in [9.17, 15) is 24.0 Å². The molecular formula is C20H31N3O10. The van der Waals surface area contributed by atoms with Crippen LogP contribution in [-0.4, -0.2) is 99.6 Å². The highest BCUT2D eigenvalue weighted by atomic mass is 16.7. The van der Waals surface area contributed by atoms with E-state index in [4.69, 9.17) is 23.8 Å². The van der Waals surface area contributed by atoms with Crippen molar-refractivity contribution in [2.24, 2.45) is 0 Å².